The van der Waals surface area contributed by atoms with Gasteiger partial charge >= 0.3 is 0 Å². The zero-order valence-corrected chi connectivity index (χ0v) is 30.8. The number of hydrogen-bond donors (Lipinski definition) is 0. The first-order chi connectivity index (χ1) is 28.2. The van der Waals surface area contributed by atoms with Gasteiger partial charge in [0.25, 0.3) is 0 Å². The Morgan fingerprint density at radius 1 is 0.281 bits per heavy atom. The fourth-order valence-electron chi connectivity index (χ4n) is 7.98. The molecule has 4 heteroatoms. The molecule has 0 unspecified atom stereocenters. The van der Waals surface area contributed by atoms with Crippen LogP contribution in [0.5, 0.6) is 0 Å². The molecule has 9 aromatic carbocycles. The summed E-state index contributed by atoms with van der Waals surface area (Å²) in [6.07, 6.45) is 0. The molecular weight excluding hydrogens is 695 g/mol. The average Bonchev–Trinajstić information content (AvgIpc) is 3.67. The lowest BCUT2D eigenvalue weighted by Crippen LogP contribution is -2.00. The maximum Gasteiger partial charge on any atom is 0.164 e. The van der Waals surface area contributed by atoms with Crippen LogP contribution in [-0.2, 0) is 0 Å². The molecule has 0 N–H and O–H groups in total. The number of hydrogen-bond acceptors (Lipinski definition) is 4. The van der Waals surface area contributed by atoms with Crippen molar-refractivity contribution in [2.75, 3.05) is 0 Å². The molecule has 0 fully saturated rings. The lowest BCUT2D eigenvalue weighted by atomic mass is 9.93. The fourth-order valence-corrected chi connectivity index (χ4v) is 7.98. The molecule has 11 aromatic rings. The van der Waals surface area contributed by atoms with E-state index in [4.69, 9.17) is 19.4 Å². The van der Waals surface area contributed by atoms with E-state index in [1.165, 1.54) is 27.3 Å². The molecule has 57 heavy (non-hydrogen) atoms. The predicted octanol–water partition coefficient (Wildman–Crippen LogP) is 14.1. The van der Waals surface area contributed by atoms with Crippen molar-refractivity contribution in [1.82, 2.24) is 15.0 Å². The minimum atomic E-state index is 0.643. The molecule has 0 aliphatic carbocycles. The Hall–Kier alpha value is -7.69. The highest BCUT2D eigenvalue weighted by Crippen LogP contribution is 2.41. The van der Waals surface area contributed by atoms with Gasteiger partial charge in [0.2, 0.25) is 0 Å². The van der Waals surface area contributed by atoms with Crippen LogP contribution in [0, 0.1) is 0 Å². The van der Waals surface area contributed by atoms with Crippen molar-refractivity contribution in [1.29, 1.82) is 0 Å². The maximum absolute atomic E-state index is 6.58. The monoisotopic (exact) mass is 727 g/mol. The molecule has 0 spiro atoms. The van der Waals surface area contributed by atoms with Gasteiger partial charge in [0.15, 0.2) is 17.5 Å². The third kappa shape index (κ3) is 5.92. The molecule has 11 rings (SSSR count). The molecule has 0 atom stereocenters. The van der Waals surface area contributed by atoms with Crippen molar-refractivity contribution in [2.45, 2.75) is 0 Å². The smallest absolute Gasteiger partial charge is 0.164 e. The van der Waals surface area contributed by atoms with Gasteiger partial charge in [0.1, 0.15) is 11.2 Å². The van der Waals surface area contributed by atoms with Crippen LogP contribution in [0.3, 0.4) is 0 Å². The summed E-state index contributed by atoms with van der Waals surface area (Å²) in [5, 5.41) is 7.01. The first-order valence-corrected chi connectivity index (χ1v) is 19.2. The van der Waals surface area contributed by atoms with Gasteiger partial charge in [-0.1, -0.05) is 176 Å². The van der Waals surface area contributed by atoms with Gasteiger partial charge in [-0.05, 0) is 73.8 Å². The largest absolute Gasteiger partial charge is 0.455 e. The van der Waals surface area contributed by atoms with Crippen LogP contribution in [0.25, 0.3) is 111 Å². The van der Waals surface area contributed by atoms with Crippen LogP contribution >= 0.6 is 0 Å². The summed E-state index contributed by atoms with van der Waals surface area (Å²) in [6.45, 7) is 0. The van der Waals surface area contributed by atoms with E-state index in [1.54, 1.807) is 0 Å². The lowest BCUT2D eigenvalue weighted by Gasteiger charge is -2.10. The van der Waals surface area contributed by atoms with Crippen LogP contribution in [0.4, 0.5) is 0 Å². The standard InChI is InChI=1S/C53H33N3O/c1-3-12-38(13-4-1)51-54-52(39-14-5-2-6-15-39)56-53(55-51)40-26-23-36(24-27-40)35-19-21-37(22-20-35)42-29-30-49-47(32-42)48-33-46(44-17-9-10-18-45(44)50(48)57-49)43-28-25-34-11-7-8-16-41(34)31-43/h1-33H. The summed E-state index contributed by atoms with van der Waals surface area (Å²) in [4.78, 5) is 14.6. The molecule has 0 saturated heterocycles. The molecule has 2 heterocycles. The zero-order chi connectivity index (χ0) is 37.7. The highest BCUT2D eigenvalue weighted by atomic mass is 16.3. The Balaban J connectivity index is 0.927. The minimum Gasteiger partial charge on any atom is -0.455 e. The van der Waals surface area contributed by atoms with E-state index in [0.29, 0.717) is 17.5 Å². The first kappa shape index (κ1) is 32.7. The van der Waals surface area contributed by atoms with Crippen molar-refractivity contribution in [3.05, 3.63) is 200 Å². The Bertz CT molecular complexity index is 3200. The van der Waals surface area contributed by atoms with E-state index < -0.39 is 0 Å². The second-order valence-corrected chi connectivity index (χ2v) is 14.4. The predicted molar refractivity (Wildman–Crippen MR) is 235 cm³/mol. The normalized spacial score (nSPS) is 11.5. The molecule has 4 nitrogen and oxygen atoms in total. The molecular formula is C53H33N3O. The number of furan rings is 1. The van der Waals surface area contributed by atoms with Crippen LogP contribution in [0.1, 0.15) is 0 Å². The van der Waals surface area contributed by atoms with E-state index in [0.717, 1.165) is 66.3 Å². The van der Waals surface area contributed by atoms with Crippen LogP contribution < -0.4 is 0 Å². The quantitative estimate of drug-likeness (QED) is 0.171. The van der Waals surface area contributed by atoms with Crippen molar-refractivity contribution < 1.29 is 4.42 Å². The van der Waals surface area contributed by atoms with E-state index >= 15 is 0 Å². The maximum atomic E-state index is 6.58. The number of aromatic nitrogens is 3. The Labute approximate surface area is 329 Å². The molecule has 0 radical (unpaired) electrons. The van der Waals surface area contributed by atoms with E-state index in [-0.39, 0.29) is 0 Å². The third-order valence-electron chi connectivity index (χ3n) is 10.9. The van der Waals surface area contributed by atoms with Crippen molar-refractivity contribution in [2.24, 2.45) is 0 Å². The van der Waals surface area contributed by atoms with Gasteiger partial charge in [-0.3, -0.25) is 0 Å². The Morgan fingerprint density at radius 2 is 0.754 bits per heavy atom. The number of nitrogens with zero attached hydrogens (tertiary/aromatic N) is 3. The van der Waals surface area contributed by atoms with E-state index in [9.17, 15) is 0 Å². The summed E-state index contributed by atoms with van der Waals surface area (Å²) < 4.78 is 6.58. The Morgan fingerprint density at radius 3 is 1.39 bits per heavy atom. The zero-order valence-electron chi connectivity index (χ0n) is 30.8. The van der Waals surface area contributed by atoms with Crippen molar-refractivity contribution in [3.8, 4) is 67.5 Å². The van der Waals surface area contributed by atoms with Crippen molar-refractivity contribution in [3.63, 3.8) is 0 Å². The molecule has 0 amide bonds. The molecule has 0 bridgehead atoms. The first-order valence-electron chi connectivity index (χ1n) is 19.2. The number of benzene rings is 9. The SMILES string of the molecule is c1ccc(-c2nc(-c3ccccc3)nc(-c3ccc(-c4ccc(-c5ccc6oc7c8ccccc8c(-c8ccc9ccccc9c8)cc7c6c5)cc4)cc3)n2)cc1. The topological polar surface area (TPSA) is 51.8 Å². The summed E-state index contributed by atoms with van der Waals surface area (Å²) in [5.41, 5.74) is 11.6. The minimum absolute atomic E-state index is 0.643. The Kier molecular flexibility index (Phi) is 7.78. The average molecular weight is 728 g/mol. The molecule has 0 aliphatic heterocycles. The van der Waals surface area contributed by atoms with Gasteiger partial charge in [-0.2, -0.15) is 0 Å². The fraction of sp³-hybridized carbons (Fsp3) is 0. The van der Waals surface area contributed by atoms with Gasteiger partial charge in [-0.25, -0.2) is 15.0 Å². The molecule has 0 saturated carbocycles. The van der Waals surface area contributed by atoms with Crippen LogP contribution in [0.15, 0.2) is 205 Å². The van der Waals surface area contributed by atoms with Crippen molar-refractivity contribution >= 4 is 43.5 Å². The second-order valence-electron chi connectivity index (χ2n) is 14.4. The molecule has 2 aromatic heterocycles. The highest BCUT2D eigenvalue weighted by molar-refractivity contribution is 6.19. The third-order valence-corrected chi connectivity index (χ3v) is 10.9. The summed E-state index contributed by atoms with van der Waals surface area (Å²) >= 11 is 0. The van der Waals surface area contributed by atoms with Gasteiger partial charge < -0.3 is 4.42 Å². The number of rotatable bonds is 6. The summed E-state index contributed by atoms with van der Waals surface area (Å²) in [7, 11) is 0. The summed E-state index contributed by atoms with van der Waals surface area (Å²) in [6, 6.07) is 70.1. The van der Waals surface area contributed by atoms with Crippen LogP contribution in [-0.4, -0.2) is 15.0 Å². The van der Waals surface area contributed by atoms with Gasteiger partial charge in [-0.15, -0.1) is 0 Å². The second kappa shape index (κ2) is 13.6. The van der Waals surface area contributed by atoms with Gasteiger partial charge in [0, 0.05) is 32.8 Å². The number of fused-ring (bicyclic) bond motifs is 6. The van der Waals surface area contributed by atoms with E-state index in [1.807, 2.05) is 60.7 Å². The molecule has 0 aliphatic rings. The molecule has 266 valence electrons. The van der Waals surface area contributed by atoms with Gasteiger partial charge in [0.05, 0.1) is 0 Å². The lowest BCUT2D eigenvalue weighted by molar-refractivity contribution is 0.673. The van der Waals surface area contributed by atoms with Crippen LogP contribution in [0.2, 0.25) is 0 Å². The van der Waals surface area contributed by atoms with E-state index in [2.05, 4.69) is 140 Å². The highest BCUT2D eigenvalue weighted by Gasteiger charge is 2.17. The summed E-state index contributed by atoms with van der Waals surface area (Å²) in [5.74, 6) is 1.95.